The highest BCUT2D eigenvalue weighted by Gasteiger charge is 2.08. The summed E-state index contributed by atoms with van der Waals surface area (Å²) in [4.78, 5) is 3.96. The summed E-state index contributed by atoms with van der Waals surface area (Å²) >= 11 is 0. The Bertz CT molecular complexity index is 561. The summed E-state index contributed by atoms with van der Waals surface area (Å²) in [6.45, 7) is 8.49. The standard InChI is InChI=1S/C18H19N/c1-14-8-4-6-10-16(14)18(12-13-19-3)17-11-7-5-9-15(17)2/h4-12H,3,13H2,1-2H3. The largest absolute Gasteiger partial charge is 0.297 e. The highest BCUT2D eigenvalue weighted by molar-refractivity contribution is 5.82. The van der Waals surface area contributed by atoms with Gasteiger partial charge in [0.05, 0.1) is 6.54 Å². The van der Waals surface area contributed by atoms with E-state index in [-0.39, 0.29) is 0 Å². The summed E-state index contributed by atoms with van der Waals surface area (Å²) in [5.41, 5.74) is 6.33. The van der Waals surface area contributed by atoms with Gasteiger partial charge in [0.25, 0.3) is 0 Å². The average Bonchev–Trinajstić information content (AvgIpc) is 2.42. The van der Waals surface area contributed by atoms with Crippen LogP contribution in [0.2, 0.25) is 0 Å². The predicted molar refractivity (Wildman–Crippen MR) is 83.9 cm³/mol. The lowest BCUT2D eigenvalue weighted by atomic mass is 9.91. The number of rotatable bonds is 4. The van der Waals surface area contributed by atoms with Crippen molar-refractivity contribution in [3.8, 4) is 0 Å². The molecule has 2 rings (SSSR count). The second-order valence-corrected chi connectivity index (χ2v) is 4.65. The van der Waals surface area contributed by atoms with E-state index in [1.54, 1.807) is 0 Å². The molecule has 0 unspecified atom stereocenters. The van der Waals surface area contributed by atoms with Crippen LogP contribution in [0.4, 0.5) is 0 Å². The van der Waals surface area contributed by atoms with Gasteiger partial charge in [-0.25, -0.2) is 0 Å². The van der Waals surface area contributed by atoms with Gasteiger partial charge in [0.15, 0.2) is 0 Å². The van der Waals surface area contributed by atoms with Crippen LogP contribution >= 0.6 is 0 Å². The molecule has 0 aliphatic carbocycles. The van der Waals surface area contributed by atoms with E-state index in [2.05, 4.69) is 80.2 Å². The lowest BCUT2D eigenvalue weighted by molar-refractivity contribution is 1.26. The van der Waals surface area contributed by atoms with Gasteiger partial charge < -0.3 is 0 Å². The first-order valence-electron chi connectivity index (χ1n) is 6.48. The summed E-state index contributed by atoms with van der Waals surface area (Å²) in [6.07, 6.45) is 2.15. The molecule has 1 nitrogen and oxygen atoms in total. The minimum absolute atomic E-state index is 0.637. The zero-order valence-corrected chi connectivity index (χ0v) is 11.6. The molecule has 19 heavy (non-hydrogen) atoms. The molecule has 0 aromatic heterocycles. The van der Waals surface area contributed by atoms with E-state index in [9.17, 15) is 0 Å². The van der Waals surface area contributed by atoms with E-state index in [1.807, 2.05) is 0 Å². The minimum Gasteiger partial charge on any atom is -0.297 e. The molecule has 0 N–H and O–H groups in total. The number of aliphatic imine (C=N–C) groups is 1. The van der Waals surface area contributed by atoms with E-state index in [1.165, 1.54) is 27.8 Å². The molecule has 1 heteroatoms. The molecule has 0 aliphatic rings. The van der Waals surface area contributed by atoms with Crippen molar-refractivity contribution in [1.29, 1.82) is 0 Å². The molecule has 2 aromatic rings. The van der Waals surface area contributed by atoms with Crippen molar-refractivity contribution < 1.29 is 0 Å². The Hall–Kier alpha value is -2.15. The normalized spacial score (nSPS) is 10.0. The number of benzene rings is 2. The first-order chi connectivity index (χ1) is 9.24. The fourth-order valence-electron chi connectivity index (χ4n) is 2.27. The third-order valence-corrected chi connectivity index (χ3v) is 3.29. The summed E-state index contributed by atoms with van der Waals surface area (Å²) in [5, 5.41) is 0. The fraction of sp³-hybridized carbons (Fsp3) is 0.167. The first-order valence-corrected chi connectivity index (χ1v) is 6.48. The van der Waals surface area contributed by atoms with Crippen molar-refractivity contribution >= 4 is 12.3 Å². The number of hydrogen-bond acceptors (Lipinski definition) is 1. The molecule has 0 heterocycles. The van der Waals surface area contributed by atoms with Gasteiger partial charge in [-0.3, -0.25) is 4.99 Å². The molecule has 0 spiro atoms. The summed E-state index contributed by atoms with van der Waals surface area (Å²) in [6, 6.07) is 16.9. The highest BCUT2D eigenvalue weighted by atomic mass is 14.7. The van der Waals surface area contributed by atoms with Crippen molar-refractivity contribution in [3.63, 3.8) is 0 Å². The molecular formula is C18H19N. The van der Waals surface area contributed by atoms with Crippen LogP contribution < -0.4 is 0 Å². The minimum atomic E-state index is 0.637. The lowest BCUT2D eigenvalue weighted by Crippen LogP contribution is -1.95. The topological polar surface area (TPSA) is 12.4 Å². The maximum Gasteiger partial charge on any atom is 0.0572 e. The van der Waals surface area contributed by atoms with E-state index < -0.39 is 0 Å². The zero-order chi connectivity index (χ0) is 13.7. The van der Waals surface area contributed by atoms with E-state index in [0.717, 1.165) is 0 Å². The van der Waals surface area contributed by atoms with Gasteiger partial charge in [0.2, 0.25) is 0 Å². The Balaban J connectivity index is 2.58. The summed E-state index contributed by atoms with van der Waals surface area (Å²) in [7, 11) is 0. The van der Waals surface area contributed by atoms with Crippen LogP contribution in [0.25, 0.3) is 5.57 Å². The predicted octanol–water partition coefficient (Wildman–Crippen LogP) is 4.44. The molecule has 0 saturated carbocycles. The smallest absolute Gasteiger partial charge is 0.0572 e. The first kappa shape index (κ1) is 13.3. The van der Waals surface area contributed by atoms with Gasteiger partial charge >= 0.3 is 0 Å². The van der Waals surface area contributed by atoms with Gasteiger partial charge in [-0.2, -0.15) is 0 Å². The van der Waals surface area contributed by atoms with Crippen LogP contribution in [-0.2, 0) is 0 Å². The fourth-order valence-corrected chi connectivity index (χ4v) is 2.27. The maximum absolute atomic E-state index is 3.96. The molecule has 0 radical (unpaired) electrons. The van der Waals surface area contributed by atoms with Crippen LogP contribution in [0.1, 0.15) is 22.3 Å². The Labute approximate surface area is 115 Å². The Kier molecular flexibility index (Phi) is 4.30. The van der Waals surface area contributed by atoms with Crippen molar-refractivity contribution in [1.82, 2.24) is 0 Å². The van der Waals surface area contributed by atoms with E-state index in [4.69, 9.17) is 0 Å². The SMILES string of the molecule is C=NCC=C(c1ccccc1C)c1ccccc1C. The van der Waals surface area contributed by atoms with E-state index >= 15 is 0 Å². The highest BCUT2D eigenvalue weighted by Crippen LogP contribution is 2.28. The average molecular weight is 249 g/mol. The molecule has 0 aliphatic heterocycles. The second kappa shape index (κ2) is 6.14. The third-order valence-electron chi connectivity index (χ3n) is 3.29. The third kappa shape index (κ3) is 3.00. The number of aryl methyl sites for hydroxylation is 2. The molecule has 0 bridgehead atoms. The van der Waals surface area contributed by atoms with Gasteiger partial charge in [-0.1, -0.05) is 54.6 Å². The van der Waals surface area contributed by atoms with Gasteiger partial charge in [-0.15, -0.1) is 0 Å². The zero-order valence-electron chi connectivity index (χ0n) is 11.6. The van der Waals surface area contributed by atoms with Crippen LogP contribution in [0.5, 0.6) is 0 Å². The summed E-state index contributed by atoms with van der Waals surface area (Å²) < 4.78 is 0. The molecule has 0 fully saturated rings. The molecule has 96 valence electrons. The second-order valence-electron chi connectivity index (χ2n) is 4.65. The van der Waals surface area contributed by atoms with Crippen LogP contribution in [0.15, 0.2) is 59.6 Å². The molecule has 0 saturated heterocycles. The maximum atomic E-state index is 3.96. The number of hydrogen-bond donors (Lipinski definition) is 0. The Morgan fingerprint density at radius 2 is 1.42 bits per heavy atom. The van der Waals surface area contributed by atoms with Gasteiger partial charge in [0, 0.05) is 0 Å². The molecular weight excluding hydrogens is 230 g/mol. The van der Waals surface area contributed by atoms with Gasteiger partial charge in [0.1, 0.15) is 0 Å². The van der Waals surface area contributed by atoms with E-state index in [0.29, 0.717) is 6.54 Å². The molecule has 2 aromatic carbocycles. The Morgan fingerprint density at radius 3 is 1.84 bits per heavy atom. The van der Waals surface area contributed by atoms with Crippen LogP contribution in [0.3, 0.4) is 0 Å². The Morgan fingerprint density at radius 1 is 0.947 bits per heavy atom. The van der Waals surface area contributed by atoms with Crippen molar-refractivity contribution in [2.24, 2.45) is 4.99 Å². The van der Waals surface area contributed by atoms with Crippen LogP contribution in [0, 0.1) is 13.8 Å². The number of nitrogens with zero attached hydrogens (tertiary/aromatic N) is 1. The van der Waals surface area contributed by atoms with Crippen molar-refractivity contribution in [2.75, 3.05) is 6.54 Å². The van der Waals surface area contributed by atoms with Crippen LogP contribution in [-0.4, -0.2) is 13.3 Å². The van der Waals surface area contributed by atoms with Crippen molar-refractivity contribution in [3.05, 3.63) is 76.9 Å². The lowest BCUT2D eigenvalue weighted by Gasteiger charge is -2.13. The summed E-state index contributed by atoms with van der Waals surface area (Å²) in [5.74, 6) is 0. The van der Waals surface area contributed by atoms with Gasteiger partial charge in [-0.05, 0) is 48.4 Å². The monoisotopic (exact) mass is 249 g/mol. The molecule has 0 amide bonds. The quantitative estimate of drug-likeness (QED) is 0.710. The van der Waals surface area contributed by atoms with Crippen molar-refractivity contribution in [2.45, 2.75) is 13.8 Å². The molecule has 0 atom stereocenters.